The second-order valence-corrected chi connectivity index (χ2v) is 7.08. The van der Waals surface area contributed by atoms with Crippen LogP contribution in [0, 0.1) is 0 Å². The normalized spacial score (nSPS) is 15.2. The van der Waals surface area contributed by atoms with Crippen molar-refractivity contribution in [2.75, 3.05) is 39.8 Å². The Labute approximate surface area is 155 Å². The van der Waals surface area contributed by atoms with Gasteiger partial charge in [0.25, 0.3) is 5.91 Å². The van der Waals surface area contributed by atoms with Gasteiger partial charge in [0.05, 0.1) is 6.54 Å². The van der Waals surface area contributed by atoms with Crippen molar-refractivity contribution in [3.63, 3.8) is 0 Å². The van der Waals surface area contributed by atoms with Crippen LogP contribution >= 0.6 is 22.9 Å². The molecule has 0 saturated carbocycles. The topological polar surface area (TPSA) is 65.5 Å². The summed E-state index contributed by atoms with van der Waals surface area (Å²) in [6.45, 7) is 2.95. The summed E-state index contributed by atoms with van der Waals surface area (Å²) >= 11 is 7.35. The van der Waals surface area contributed by atoms with Crippen LogP contribution in [0.25, 0.3) is 10.6 Å². The van der Waals surface area contributed by atoms with Gasteiger partial charge in [-0.3, -0.25) is 14.5 Å². The molecule has 0 unspecified atom stereocenters. The first-order valence-electron chi connectivity index (χ1n) is 8.00. The van der Waals surface area contributed by atoms with E-state index in [1.807, 2.05) is 29.2 Å². The number of nitrogens with zero attached hydrogens (tertiary/aromatic N) is 3. The fraction of sp³-hybridized carbons (Fsp3) is 0.353. The average Bonchev–Trinajstić information content (AvgIpc) is 3.12. The summed E-state index contributed by atoms with van der Waals surface area (Å²) in [5.74, 6) is -0.0667. The SMILES string of the molecule is CNC(=O)CN1CCN(C(=O)c2csc(-c3ccc(Cl)cc3)n2)CC1. The van der Waals surface area contributed by atoms with E-state index in [-0.39, 0.29) is 11.8 Å². The van der Waals surface area contributed by atoms with Crippen LogP contribution in [-0.2, 0) is 4.79 Å². The molecule has 1 aliphatic rings. The van der Waals surface area contributed by atoms with Crippen molar-refractivity contribution in [2.24, 2.45) is 0 Å². The van der Waals surface area contributed by atoms with Crippen LogP contribution in [0.4, 0.5) is 0 Å². The summed E-state index contributed by atoms with van der Waals surface area (Å²) in [4.78, 5) is 32.4. The van der Waals surface area contributed by atoms with Crippen LogP contribution in [0.5, 0.6) is 0 Å². The molecule has 1 aromatic heterocycles. The number of rotatable bonds is 4. The molecule has 1 N–H and O–H groups in total. The van der Waals surface area contributed by atoms with Gasteiger partial charge in [-0.1, -0.05) is 23.7 Å². The molecule has 3 rings (SSSR count). The van der Waals surface area contributed by atoms with E-state index >= 15 is 0 Å². The van der Waals surface area contributed by atoms with E-state index in [9.17, 15) is 9.59 Å². The molecule has 1 saturated heterocycles. The number of benzene rings is 1. The first kappa shape index (κ1) is 17.8. The van der Waals surface area contributed by atoms with E-state index in [0.717, 1.165) is 10.6 Å². The number of likely N-dealkylation sites (N-methyl/N-ethyl adjacent to an activating group) is 1. The minimum absolute atomic E-state index is 0.00751. The number of carbonyl (C=O) groups is 2. The zero-order valence-electron chi connectivity index (χ0n) is 13.9. The number of hydrogen-bond donors (Lipinski definition) is 1. The Hall–Kier alpha value is -1.96. The number of amides is 2. The molecule has 8 heteroatoms. The maximum atomic E-state index is 12.6. The van der Waals surface area contributed by atoms with Gasteiger partial charge in [-0.15, -0.1) is 11.3 Å². The first-order chi connectivity index (χ1) is 12.1. The third-order valence-electron chi connectivity index (χ3n) is 4.12. The van der Waals surface area contributed by atoms with Crippen LogP contribution in [0.1, 0.15) is 10.5 Å². The lowest BCUT2D eigenvalue weighted by Gasteiger charge is -2.33. The zero-order chi connectivity index (χ0) is 17.8. The predicted molar refractivity (Wildman–Crippen MR) is 99.0 cm³/mol. The van der Waals surface area contributed by atoms with Gasteiger partial charge in [-0.25, -0.2) is 4.98 Å². The molecule has 1 aliphatic heterocycles. The Morgan fingerprint density at radius 1 is 1.20 bits per heavy atom. The zero-order valence-corrected chi connectivity index (χ0v) is 15.4. The molecule has 2 aromatic rings. The van der Waals surface area contributed by atoms with E-state index in [2.05, 4.69) is 10.3 Å². The van der Waals surface area contributed by atoms with Gasteiger partial charge in [0, 0.05) is 49.2 Å². The van der Waals surface area contributed by atoms with Gasteiger partial charge < -0.3 is 10.2 Å². The van der Waals surface area contributed by atoms with Crippen molar-refractivity contribution in [3.05, 3.63) is 40.4 Å². The van der Waals surface area contributed by atoms with Crippen LogP contribution in [0.15, 0.2) is 29.6 Å². The lowest BCUT2D eigenvalue weighted by Crippen LogP contribution is -2.50. The summed E-state index contributed by atoms with van der Waals surface area (Å²) < 4.78 is 0. The molecule has 2 heterocycles. The number of halogens is 1. The molecule has 132 valence electrons. The number of carbonyl (C=O) groups excluding carboxylic acids is 2. The van der Waals surface area contributed by atoms with Gasteiger partial charge in [-0.2, -0.15) is 0 Å². The summed E-state index contributed by atoms with van der Waals surface area (Å²) in [6, 6.07) is 7.41. The lowest BCUT2D eigenvalue weighted by molar-refractivity contribution is -0.122. The summed E-state index contributed by atoms with van der Waals surface area (Å²) in [7, 11) is 1.63. The van der Waals surface area contributed by atoms with E-state index in [1.54, 1.807) is 17.3 Å². The average molecular weight is 379 g/mol. The van der Waals surface area contributed by atoms with E-state index in [4.69, 9.17) is 11.6 Å². The Morgan fingerprint density at radius 2 is 1.88 bits per heavy atom. The van der Waals surface area contributed by atoms with Gasteiger partial charge in [-0.05, 0) is 12.1 Å². The Balaban J connectivity index is 1.61. The number of nitrogens with one attached hydrogen (secondary N) is 1. The summed E-state index contributed by atoms with van der Waals surface area (Å²) in [5.41, 5.74) is 1.42. The largest absolute Gasteiger partial charge is 0.358 e. The minimum Gasteiger partial charge on any atom is -0.358 e. The van der Waals surface area contributed by atoms with Crippen molar-refractivity contribution in [3.8, 4) is 10.6 Å². The van der Waals surface area contributed by atoms with E-state index < -0.39 is 0 Å². The van der Waals surface area contributed by atoms with Crippen LogP contribution in [0.2, 0.25) is 5.02 Å². The van der Waals surface area contributed by atoms with E-state index in [0.29, 0.717) is 43.4 Å². The standard InChI is InChI=1S/C17H19ClN4O2S/c1-19-15(23)10-21-6-8-22(9-7-21)17(24)14-11-25-16(20-14)12-2-4-13(18)5-3-12/h2-5,11H,6-10H2,1H3,(H,19,23). The molecule has 2 amide bonds. The highest BCUT2D eigenvalue weighted by Crippen LogP contribution is 2.25. The molecular formula is C17H19ClN4O2S. The predicted octanol–water partition coefficient (Wildman–Crippen LogP) is 1.97. The van der Waals surface area contributed by atoms with Gasteiger partial charge in [0.2, 0.25) is 5.91 Å². The molecule has 0 bridgehead atoms. The van der Waals surface area contributed by atoms with E-state index in [1.165, 1.54) is 11.3 Å². The number of piperazine rings is 1. The monoisotopic (exact) mass is 378 g/mol. The van der Waals surface area contributed by atoms with Crippen molar-refractivity contribution in [1.82, 2.24) is 20.1 Å². The Morgan fingerprint density at radius 3 is 2.52 bits per heavy atom. The maximum Gasteiger partial charge on any atom is 0.273 e. The molecule has 0 atom stereocenters. The molecule has 1 aromatic carbocycles. The summed E-state index contributed by atoms with van der Waals surface area (Å²) in [6.07, 6.45) is 0. The van der Waals surface area contributed by atoms with Crippen LogP contribution in [0.3, 0.4) is 0 Å². The summed E-state index contributed by atoms with van der Waals surface area (Å²) in [5, 5.41) is 5.89. The van der Waals surface area contributed by atoms with Gasteiger partial charge in [0.1, 0.15) is 10.7 Å². The smallest absolute Gasteiger partial charge is 0.273 e. The van der Waals surface area contributed by atoms with Crippen molar-refractivity contribution < 1.29 is 9.59 Å². The fourth-order valence-corrected chi connectivity index (χ4v) is 3.58. The van der Waals surface area contributed by atoms with Crippen LogP contribution < -0.4 is 5.32 Å². The fourth-order valence-electron chi connectivity index (χ4n) is 2.65. The first-order valence-corrected chi connectivity index (χ1v) is 9.26. The third kappa shape index (κ3) is 4.36. The lowest BCUT2D eigenvalue weighted by atomic mass is 10.2. The Bertz CT molecular complexity index is 754. The molecule has 0 spiro atoms. The highest BCUT2D eigenvalue weighted by atomic mass is 35.5. The highest BCUT2D eigenvalue weighted by molar-refractivity contribution is 7.13. The molecule has 1 fully saturated rings. The Kier molecular flexibility index (Phi) is 5.67. The molecule has 25 heavy (non-hydrogen) atoms. The highest BCUT2D eigenvalue weighted by Gasteiger charge is 2.24. The number of thiazole rings is 1. The third-order valence-corrected chi connectivity index (χ3v) is 5.26. The molecule has 0 radical (unpaired) electrons. The maximum absolute atomic E-state index is 12.6. The van der Waals surface area contributed by atoms with Crippen molar-refractivity contribution >= 4 is 34.8 Å². The number of aromatic nitrogens is 1. The molecule has 6 nitrogen and oxygen atoms in total. The van der Waals surface area contributed by atoms with Gasteiger partial charge in [0.15, 0.2) is 0 Å². The number of hydrogen-bond acceptors (Lipinski definition) is 5. The van der Waals surface area contributed by atoms with Crippen molar-refractivity contribution in [2.45, 2.75) is 0 Å². The van der Waals surface area contributed by atoms with Gasteiger partial charge >= 0.3 is 0 Å². The van der Waals surface area contributed by atoms with Crippen molar-refractivity contribution in [1.29, 1.82) is 0 Å². The quantitative estimate of drug-likeness (QED) is 0.883. The second-order valence-electron chi connectivity index (χ2n) is 5.79. The second kappa shape index (κ2) is 7.95. The molecule has 0 aliphatic carbocycles. The van der Waals surface area contributed by atoms with Crippen LogP contribution in [-0.4, -0.2) is 66.4 Å². The molecular weight excluding hydrogens is 360 g/mol. The minimum atomic E-state index is -0.0592.